The molecular formula is C23H31N3O4. The Labute approximate surface area is 178 Å². The maximum Gasteiger partial charge on any atom is 0.335 e. The molecule has 0 aliphatic carbocycles. The number of rotatable bonds is 8. The van der Waals surface area contributed by atoms with E-state index in [9.17, 15) is 9.59 Å². The lowest BCUT2D eigenvalue weighted by Crippen LogP contribution is -2.34. The molecule has 0 saturated carbocycles. The SMILES string of the molecule is C#CN/C(=C\C=C(/C)C(N)=O)N1CCCCC1.CCCOc1cccc(C(=O)O)c1. The number of hydrogen-bond acceptors (Lipinski definition) is 5. The van der Waals surface area contributed by atoms with Gasteiger partial charge < -0.3 is 25.8 Å². The highest BCUT2D eigenvalue weighted by atomic mass is 16.5. The molecule has 0 bridgehead atoms. The number of piperidine rings is 1. The molecule has 162 valence electrons. The Bertz CT molecular complexity index is 803. The van der Waals surface area contributed by atoms with Crippen LogP contribution in [-0.2, 0) is 4.79 Å². The number of amides is 1. The molecule has 1 aliphatic heterocycles. The quantitative estimate of drug-likeness (QED) is 0.262. The van der Waals surface area contributed by atoms with E-state index in [-0.39, 0.29) is 5.56 Å². The summed E-state index contributed by atoms with van der Waals surface area (Å²) in [5.74, 6) is 0.122. The summed E-state index contributed by atoms with van der Waals surface area (Å²) in [4.78, 5) is 23.7. The summed E-state index contributed by atoms with van der Waals surface area (Å²) in [6.07, 6.45) is 13.3. The van der Waals surface area contributed by atoms with Gasteiger partial charge in [0.2, 0.25) is 5.91 Å². The number of aromatic carboxylic acids is 1. The fraction of sp³-hybridized carbons (Fsp3) is 0.391. The van der Waals surface area contributed by atoms with Gasteiger partial charge in [0.05, 0.1) is 12.2 Å². The Hall–Kier alpha value is -3.40. The van der Waals surface area contributed by atoms with Gasteiger partial charge in [0.25, 0.3) is 0 Å². The molecule has 4 N–H and O–H groups in total. The number of nitrogens with one attached hydrogen (secondary N) is 1. The van der Waals surface area contributed by atoms with Crippen LogP contribution >= 0.6 is 0 Å². The summed E-state index contributed by atoms with van der Waals surface area (Å²) >= 11 is 0. The van der Waals surface area contributed by atoms with Gasteiger partial charge >= 0.3 is 5.97 Å². The van der Waals surface area contributed by atoms with E-state index in [2.05, 4.69) is 16.3 Å². The molecule has 2 rings (SSSR count). The zero-order chi connectivity index (χ0) is 22.4. The highest BCUT2D eigenvalue weighted by molar-refractivity contribution is 5.91. The maximum absolute atomic E-state index is 10.9. The lowest BCUT2D eigenvalue weighted by atomic mass is 10.1. The van der Waals surface area contributed by atoms with Crippen LogP contribution in [0.5, 0.6) is 5.75 Å². The van der Waals surface area contributed by atoms with Crippen molar-refractivity contribution in [1.82, 2.24) is 10.2 Å². The molecule has 1 aromatic rings. The summed E-state index contributed by atoms with van der Waals surface area (Å²) in [5.41, 5.74) is 5.93. The van der Waals surface area contributed by atoms with E-state index < -0.39 is 11.9 Å². The first-order chi connectivity index (χ1) is 14.4. The van der Waals surface area contributed by atoms with Crippen LogP contribution in [0.25, 0.3) is 0 Å². The van der Waals surface area contributed by atoms with Gasteiger partial charge in [-0.15, -0.1) is 0 Å². The van der Waals surface area contributed by atoms with E-state index in [4.69, 9.17) is 22.0 Å². The van der Waals surface area contributed by atoms with Crippen molar-refractivity contribution in [2.75, 3.05) is 19.7 Å². The predicted octanol–water partition coefficient (Wildman–Crippen LogP) is 3.10. The number of benzene rings is 1. The molecule has 0 spiro atoms. The van der Waals surface area contributed by atoms with Crippen LogP contribution < -0.4 is 15.8 Å². The van der Waals surface area contributed by atoms with Crippen molar-refractivity contribution in [2.24, 2.45) is 5.73 Å². The van der Waals surface area contributed by atoms with E-state index in [1.54, 1.807) is 31.2 Å². The minimum absolute atomic E-state index is 0.258. The van der Waals surface area contributed by atoms with Gasteiger partial charge in [0.15, 0.2) is 0 Å². The minimum Gasteiger partial charge on any atom is -0.494 e. The Morgan fingerprint density at radius 1 is 1.30 bits per heavy atom. The Balaban J connectivity index is 0.000000311. The molecule has 7 nitrogen and oxygen atoms in total. The molecule has 0 unspecified atom stereocenters. The molecule has 30 heavy (non-hydrogen) atoms. The number of primary amides is 1. The summed E-state index contributed by atoms with van der Waals surface area (Å²) in [7, 11) is 0. The molecule has 7 heteroatoms. The molecule has 1 amide bonds. The van der Waals surface area contributed by atoms with Crippen LogP contribution in [0.2, 0.25) is 0 Å². The molecular weight excluding hydrogens is 382 g/mol. The van der Waals surface area contributed by atoms with Gasteiger partial charge in [0.1, 0.15) is 11.6 Å². The third-order valence-electron chi connectivity index (χ3n) is 4.33. The van der Waals surface area contributed by atoms with Gasteiger partial charge in [-0.3, -0.25) is 4.79 Å². The van der Waals surface area contributed by atoms with Crippen molar-refractivity contribution in [3.8, 4) is 18.2 Å². The summed E-state index contributed by atoms with van der Waals surface area (Å²) in [6.45, 7) is 6.28. The van der Waals surface area contributed by atoms with Crippen molar-refractivity contribution >= 4 is 11.9 Å². The number of carbonyl (C=O) groups excluding carboxylic acids is 1. The second-order valence-corrected chi connectivity index (χ2v) is 6.76. The second-order valence-electron chi connectivity index (χ2n) is 6.76. The van der Waals surface area contributed by atoms with E-state index in [0.29, 0.717) is 17.9 Å². The molecule has 1 fully saturated rings. The van der Waals surface area contributed by atoms with Crippen molar-refractivity contribution in [3.05, 3.63) is 53.4 Å². The minimum atomic E-state index is -0.929. The highest BCUT2D eigenvalue weighted by Gasteiger charge is 2.12. The number of carboxylic acids is 1. The molecule has 1 aliphatic rings. The van der Waals surface area contributed by atoms with Crippen LogP contribution in [0, 0.1) is 12.5 Å². The predicted molar refractivity (Wildman–Crippen MR) is 118 cm³/mol. The number of carboxylic acid groups (broad SMARTS) is 1. The van der Waals surface area contributed by atoms with Crippen molar-refractivity contribution in [1.29, 1.82) is 0 Å². The van der Waals surface area contributed by atoms with E-state index in [0.717, 1.165) is 25.3 Å². The first-order valence-corrected chi connectivity index (χ1v) is 10.00. The lowest BCUT2D eigenvalue weighted by Gasteiger charge is -2.30. The molecule has 0 radical (unpaired) electrons. The van der Waals surface area contributed by atoms with Gasteiger partial charge in [-0.1, -0.05) is 25.5 Å². The Kier molecular flexibility index (Phi) is 11.3. The molecule has 1 saturated heterocycles. The average Bonchev–Trinajstić information content (AvgIpc) is 2.76. The lowest BCUT2D eigenvalue weighted by molar-refractivity contribution is -0.114. The largest absolute Gasteiger partial charge is 0.494 e. The molecule has 0 aromatic heterocycles. The summed E-state index contributed by atoms with van der Waals surface area (Å²) in [6, 6.07) is 8.91. The summed E-state index contributed by atoms with van der Waals surface area (Å²) < 4.78 is 5.28. The van der Waals surface area contributed by atoms with Gasteiger partial charge in [-0.2, -0.15) is 0 Å². The number of terminal acetylenes is 1. The number of hydrogen-bond donors (Lipinski definition) is 3. The second kappa shape index (κ2) is 13.7. The number of carbonyl (C=O) groups is 2. The van der Waals surface area contributed by atoms with Crippen molar-refractivity contribution in [2.45, 2.75) is 39.5 Å². The highest BCUT2D eigenvalue weighted by Crippen LogP contribution is 2.14. The number of likely N-dealkylation sites (tertiary alicyclic amines) is 1. The third-order valence-corrected chi connectivity index (χ3v) is 4.33. The fourth-order valence-corrected chi connectivity index (χ4v) is 2.66. The van der Waals surface area contributed by atoms with Crippen LogP contribution in [0.3, 0.4) is 0 Å². The van der Waals surface area contributed by atoms with Crippen LogP contribution in [0.15, 0.2) is 47.8 Å². The topological polar surface area (TPSA) is 105 Å². The third kappa shape index (κ3) is 9.20. The Morgan fingerprint density at radius 2 is 2.00 bits per heavy atom. The van der Waals surface area contributed by atoms with Gasteiger partial charge in [-0.25, -0.2) is 4.79 Å². The number of allylic oxidation sites excluding steroid dienone is 2. The standard InChI is InChI=1S/C13H19N3O.C10H12O3/c1-3-15-12(8-7-11(2)13(14)17)16-9-5-4-6-10-16;1-2-6-13-9-5-3-4-8(7-9)10(11)12/h1,7-8,15H,4-6,9-10H2,2H3,(H2,14,17);3-5,7H,2,6H2,1H3,(H,11,12)/b11-7+,12-8+;. The number of nitrogens with two attached hydrogens (primary N) is 1. The van der Waals surface area contributed by atoms with Gasteiger partial charge in [0, 0.05) is 24.7 Å². The number of nitrogens with zero attached hydrogens (tertiary/aromatic N) is 1. The smallest absolute Gasteiger partial charge is 0.335 e. The van der Waals surface area contributed by atoms with Crippen LogP contribution in [0.4, 0.5) is 0 Å². The Morgan fingerprint density at radius 3 is 2.57 bits per heavy atom. The van der Waals surface area contributed by atoms with Crippen LogP contribution in [-0.4, -0.2) is 41.6 Å². The normalized spacial score (nSPS) is 14.1. The monoisotopic (exact) mass is 413 g/mol. The summed E-state index contributed by atoms with van der Waals surface area (Å²) in [5, 5.41) is 11.5. The van der Waals surface area contributed by atoms with E-state index in [1.165, 1.54) is 25.3 Å². The fourth-order valence-electron chi connectivity index (χ4n) is 2.66. The van der Waals surface area contributed by atoms with Crippen LogP contribution in [0.1, 0.15) is 49.9 Å². The van der Waals surface area contributed by atoms with Gasteiger partial charge in [-0.05, 0) is 56.9 Å². The zero-order valence-corrected chi connectivity index (χ0v) is 17.7. The first kappa shape index (κ1) is 24.6. The number of ether oxygens (including phenoxy) is 1. The van der Waals surface area contributed by atoms with E-state index >= 15 is 0 Å². The molecule has 0 atom stereocenters. The maximum atomic E-state index is 10.9. The first-order valence-electron chi connectivity index (χ1n) is 10.00. The average molecular weight is 414 g/mol. The van der Waals surface area contributed by atoms with E-state index in [1.807, 2.05) is 13.0 Å². The molecule has 1 aromatic carbocycles. The van der Waals surface area contributed by atoms with Crippen molar-refractivity contribution < 1.29 is 19.4 Å². The molecule has 1 heterocycles. The van der Waals surface area contributed by atoms with Crippen molar-refractivity contribution in [3.63, 3.8) is 0 Å². The zero-order valence-electron chi connectivity index (χ0n) is 17.7.